The van der Waals surface area contributed by atoms with Gasteiger partial charge in [0.15, 0.2) is 0 Å². The molecule has 0 fully saturated rings. The van der Waals surface area contributed by atoms with Crippen molar-refractivity contribution in [2.24, 2.45) is 0 Å². The van der Waals surface area contributed by atoms with Crippen LogP contribution in [0.4, 0.5) is 5.69 Å². The molecular weight excluding hydrogens is 370 g/mol. The first-order valence-corrected chi connectivity index (χ1v) is 9.16. The fourth-order valence-corrected chi connectivity index (χ4v) is 2.76. The third kappa shape index (κ3) is 5.13. The van der Waals surface area contributed by atoms with E-state index in [4.69, 9.17) is 9.47 Å². The fourth-order valence-electron chi connectivity index (χ4n) is 2.76. The lowest BCUT2D eigenvalue weighted by atomic mass is 10.1. The highest BCUT2D eigenvalue weighted by molar-refractivity contribution is 5.99. The van der Waals surface area contributed by atoms with E-state index in [1.807, 2.05) is 6.92 Å². The number of amides is 1. The smallest absolute Gasteiger partial charge is 0.339 e. The van der Waals surface area contributed by atoms with Gasteiger partial charge < -0.3 is 19.9 Å². The van der Waals surface area contributed by atoms with Crippen LogP contribution in [0.2, 0.25) is 0 Å². The van der Waals surface area contributed by atoms with E-state index in [2.05, 4.69) is 5.32 Å². The maximum absolute atomic E-state index is 13.0. The van der Waals surface area contributed by atoms with E-state index in [1.165, 1.54) is 24.3 Å². The van der Waals surface area contributed by atoms with Crippen molar-refractivity contribution in [3.63, 3.8) is 0 Å². The summed E-state index contributed by atoms with van der Waals surface area (Å²) in [6, 6.07) is 21.5. The van der Waals surface area contributed by atoms with E-state index >= 15 is 0 Å². The van der Waals surface area contributed by atoms with Crippen molar-refractivity contribution in [3.8, 4) is 11.5 Å². The van der Waals surface area contributed by atoms with Gasteiger partial charge in [-0.15, -0.1) is 0 Å². The Morgan fingerprint density at radius 2 is 1.69 bits per heavy atom. The summed E-state index contributed by atoms with van der Waals surface area (Å²) in [5, 5.41) is 12.4. The number of benzene rings is 3. The van der Waals surface area contributed by atoms with Crippen LogP contribution in [0.25, 0.3) is 0 Å². The highest BCUT2D eigenvalue weighted by Crippen LogP contribution is 2.27. The zero-order chi connectivity index (χ0) is 20.6. The van der Waals surface area contributed by atoms with Crippen LogP contribution >= 0.6 is 0 Å². The molecule has 2 N–H and O–H groups in total. The fraction of sp³-hybridized carbons (Fsp3) is 0.130. The molecule has 0 bridgehead atoms. The van der Waals surface area contributed by atoms with Crippen molar-refractivity contribution >= 4 is 17.6 Å². The van der Waals surface area contributed by atoms with Crippen molar-refractivity contribution in [3.05, 3.63) is 90.0 Å². The Balaban J connectivity index is 1.86. The van der Waals surface area contributed by atoms with Crippen molar-refractivity contribution in [1.29, 1.82) is 0 Å². The molecule has 0 radical (unpaired) electrons. The summed E-state index contributed by atoms with van der Waals surface area (Å²) in [6.07, 6.45) is -1.18. The number of ether oxygens (including phenoxy) is 2. The SMILES string of the molecule is CCOc1ccccc1NC(=O)[C@H](OC(=O)c1cccc(O)c1)c1ccccc1. The molecule has 3 rings (SSSR count). The minimum Gasteiger partial charge on any atom is -0.508 e. The molecule has 0 aliphatic heterocycles. The van der Waals surface area contributed by atoms with Crippen LogP contribution in [0.15, 0.2) is 78.9 Å². The number of hydrogen-bond acceptors (Lipinski definition) is 5. The number of anilines is 1. The van der Waals surface area contributed by atoms with Crippen LogP contribution in [-0.2, 0) is 9.53 Å². The lowest BCUT2D eigenvalue weighted by molar-refractivity contribution is -0.125. The predicted octanol–water partition coefficient (Wildman–Crippen LogP) is 4.33. The molecule has 29 heavy (non-hydrogen) atoms. The summed E-state index contributed by atoms with van der Waals surface area (Å²) in [5.74, 6) is -0.778. The summed E-state index contributed by atoms with van der Waals surface area (Å²) in [6.45, 7) is 2.30. The molecule has 0 saturated carbocycles. The van der Waals surface area contributed by atoms with Gasteiger partial charge in [-0.2, -0.15) is 0 Å². The number of nitrogens with one attached hydrogen (secondary N) is 1. The molecule has 1 amide bonds. The molecule has 6 nitrogen and oxygen atoms in total. The Bertz CT molecular complexity index is 987. The van der Waals surface area contributed by atoms with E-state index in [9.17, 15) is 14.7 Å². The Morgan fingerprint density at radius 3 is 2.41 bits per heavy atom. The molecule has 0 spiro atoms. The van der Waals surface area contributed by atoms with Crippen molar-refractivity contribution in [1.82, 2.24) is 0 Å². The third-order valence-electron chi connectivity index (χ3n) is 4.09. The van der Waals surface area contributed by atoms with E-state index in [-0.39, 0.29) is 11.3 Å². The first-order valence-electron chi connectivity index (χ1n) is 9.16. The summed E-state index contributed by atoms with van der Waals surface area (Å²) < 4.78 is 11.0. The summed E-state index contributed by atoms with van der Waals surface area (Å²) in [7, 11) is 0. The third-order valence-corrected chi connectivity index (χ3v) is 4.09. The average molecular weight is 391 g/mol. The number of aromatic hydroxyl groups is 1. The Morgan fingerprint density at radius 1 is 0.966 bits per heavy atom. The Labute approximate surface area is 168 Å². The molecule has 0 unspecified atom stereocenters. The second kappa shape index (κ2) is 9.41. The molecule has 0 heterocycles. The van der Waals surface area contributed by atoms with E-state index in [0.29, 0.717) is 23.6 Å². The van der Waals surface area contributed by atoms with Crippen molar-refractivity contribution < 1.29 is 24.2 Å². The lowest BCUT2D eigenvalue weighted by Gasteiger charge is -2.19. The number of hydrogen-bond donors (Lipinski definition) is 2. The van der Waals surface area contributed by atoms with Gasteiger partial charge in [0.1, 0.15) is 11.5 Å². The van der Waals surface area contributed by atoms with Crippen LogP contribution in [0.5, 0.6) is 11.5 Å². The standard InChI is InChI=1S/C23H21NO5/c1-2-28-20-14-7-6-13-19(20)24-22(26)21(16-9-4-3-5-10-16)29-23(27)17-11-8-12-18(25)15-17/h3-15,21,25H,2H2,1H3,(H,24,26)/t21-/m1/s1. The molecule has 0 saturated heterocycles. The Kier molecular flexibility index (Phi) is 6.47. The van der Waals surface area contributed by atoms with Crippen LogP contribution in [0.3, 0.4) is 0 Å². The van der Waals surface area contributed by atoms with Crippen LogP contribution in [-0.4, -0.2) is 23.6 Å². The van der Waals surface area contributed by atoms with Crippen LogP contribution in [0.1, 0.15) is 28.9 Å². The summed E-state index contributed by atoms with van der Waals surface area (Å²) >= 11 is 0. The zero-order valence-corrected chi connectivity index (χ0v) is 15.9. The minimum atomic E-state index is -1.18. The van der Waals surface area contributed by atoms with Gasteiger partial charge in [-0.05, 0) is 37.3 Å². The number of phenols is 1. The average Bonchev–Trinajstić information content (AvgIpc) is 2.74. The number of carbonyl (C=O) groups excluding carboxylic acids is 2. The van der Waals surface area contributed by atoms with Crippen molar-refractivity contribution in [2.75, 3.05) is 11.9 Å². The molecule has 148 valence electrons. The number of phenolic OH excluding ortho intramolecular Hbond substituents is 1. The normalized spacial score (nSPS) is 11.3. The first kappa shape index (κ1) is 19.9. The molecule has 3 aromatic rings. The quantitative estimate of drug-likeness (QED) is 0.586. The van der Waals surface area contributed by atoms with Gasteiger partial charge >= 0.3 is 5.97 Å². The highest BCUT2D eigenvalue weighted by Gasteiger charge is 2.26. The zero-order valence-electron chi connectivity index (χ0n) is 15.9. The predicted molar refractivity (Wildman–Crippen MR) is 109 cm³/mol. The number of esters is 1. The van der Waals surface area contributed by atoms with Gasteiger partial charge in [0.25, 0.3) is 5.91 Å². The maximum Gasteiger partial charge on any atom is 0.339 e. The van der Waals surface area contributed by atoms with Crippen LogP contribution in [0, 0.1) is 0 Å². The summed E-state index contributed by atoms with van der Waals surface area (Å²) in [4.78, 5) is 25.6. The van der Waals surface area contributed by atoms with Gasteiger partial charge in [-0.1, -0.05) is 48.5 Å². The second-order valence-corrected chi connectivity index (χ2v) is 6.16. The van der Waals surface area contributed by atoms with Gasteiger partial charge in [0, 0.05) is 5.56 Å². The minimum absolute atomic E-state index is 0.0641. The molecule has 0 aromatic heterocycles. The topological polar surface area (TPSA) is 84.9 Å². The van der Waals surface area contributed by atoms with Crippen molar-refractivity contribution in [2.45, 2.75) is 13.0 Å². The molecule has 6 heteroatoms. The van der Waals surface area contributed by atoms with E-state index < -0.39 is 18.0 Å². The highest BCUT2D eigenvalue weighted by atomic mass is 16.5. The second-order valence-electron chi connectivity index (χ2n) is 6.16. The number of rotatable bonds is 7. The molecule has 0 aliphatic carbocycles. The van der Waals surface area contributed by atoms with Gasteiger partial charge in [-0.25, -0.2) is 4.79 Å². The van der Waals surface area contributed by atoms with E-state index in [0.717, 1.165) is 0 Å². The van der Waals surface area contributed by atoms with Gasteiger partial charge in [0.2, 0.25) is 6.10 Å². The number of para-hydroxylation sites is 2. The maximum atomic E-state index is 13.0. The van der Waals surface area contributed by atoms with Gasteiger partial charge in [0.05, 0.1) is 17.9 Å². The molecular formula is C23H21NO5. The van der Waals surface area contributed by atoms with Gasteiger partial charge in [-0.3, -0.25) is 4.79 Å². The molecule has 0 aliphatic rings. The van der Waals surface area contributed by atoms with Crippen LogP contribution < -0.4 is 10.1 Å². The largest absolute Gasteiger partial charge is 0.508 e. The molecule has 3 aromatic carbocycles. The monoisotopic (exact) mass is 391 g/mol. The molecule has 1 atom stereocenters. The summed E-state index contributed by atoms with van der Waals surface area (Å²) in [5.41, 5.74) is 1.15. The Hall–Kier alpha value is -3.80. The van der Waals surface area contributed by atoms with E-state index in [1.54, 1.807) is 54.6 Å². The lowest BCUT2D eigenvalue weighted by Crippen LogP contribution is -2.26. The first-order chi connectivity index (χ1) is 14.1. The number of carbonyl (C=O) groups is 2.